The SMILES string of the molecule is CCCNC1CCC(C(C)(C)CC)CC1Sc1nncs1. The van der Waals surface area contributed by atoms with Crippen molar-refractivity contribution in [1.82, 2.24) is 15.5 Å². The summed E-state index contributed by atoms with van der Waals surface area (Å²) in [6.07, 6.45) is 6.42. The molecule has 1 aliphatic rings. The Hall–Kier alpha value is -0.130. The van der Waals surface area contributed by atoms with Crippen molar-refractivity contribution in [3.8, 4) is 0 Å². The van der Waals surface area contributed by atoms with Crippen LogP contribution in [0.4, 0.5) is 0 Å². The smallest absolute Gasteiger partial charge is 0.174 e. The van der Waals surface area contributed by atoms with Crippen molar-refractivity contribution in [2.45, 2.75) is 75.4 Å². The molecule has 1 saturated carbocycles. The predicted molar refractivity (Wildman–Crippen MR) is 93.0 cm³/mol. The van der Waals surface area contributed by atoms with Gasteiger partial charge in [0.1, 0.15) is 5.51 Å². The highest BCUT2D eigenvalue weighted by molar-refractivity contribution is 8.01. The molecule has 0 saturated heterocycles. The number of thioether (sulfide) groups is 1. The highest BCUT2D eigenvalue weighted by Gasteiger charge is 2.37. The monoisotopic (exact) mass is 327 g/mol. The van der Waals surface area contributed by atoms with E-state index in [0.29, 0.717) is 16.7 Å². The van der Waals surface area contributed by atoms with Crippen molar-refractivity contribution in [2.24, 2.45) is 11.3 Å². The van der Waals surface area contributed by atoms with Gasteiger partial charge < -0.3 is 5.32 Å². The van der Waals surface area contributed by atoms with Crippen LogP contribution in [0.2, 0.25) is 0 Å². The molecule has 1 aromatic heterocycles. The fraction of sp³-hybridized carbons (Fsp3) is 0.875. The molecule has 5 heteroatoms. The second-order valence-electron chi connectivity index (χ2n) is 6.77. The molecule has 3 unspecified atom stereocenters. The number of hydrogen-bond acceptors (Lipinski definition) is 5. The molecular formula is C16H29N3S2. The predicted octanol–water partition coefficient (Wildman–Crippen LogP) is 4.60. The summed E-state index contributed by atoms with van der Waals surface area (Å²) in [5.74, 6) is 0.826. The highest BCUT2D eigenvalue weighted by atomic mass is 32.2. The third-order valence-electron chi connectivity index (χ3n) is 5.06. The Bertz CT molecular complexity index is 406. The van der Waals surface area contributed by atoms with Gasteiger partial charge in [-0.25, -0.2) is 0 Å². The summed E-state index contributed by atoms with van der Waals surface area (Å²) < 4.78 is 1.12. The van der Waals surface area contributed by atoms with Gasteiger partial charge in [-0.1, -0.05) is 57.2 Å². The van der Waals surface area contributed by atoms with E-state index in [1.54, 1.807) is 11.3 Å². The number of nitrogens with zero attached hydrogens (tertiary/aromatic N) is 2. The molecule has 0 spiro atoms. The van der Waals surface area contributed by atoms with Crippen molar-refractivity contribution in [2.75, 3.05) is 6.54 Å². The average Bonchev–Trinajstić information content (AvgIpc) is 2.98. The van der Waals surface area contributed by atoms with E-state index in [9.17, 15) is 0 Å². The maximum atomic E-state index is 4.24. The lowest BCUT2D eigenvalue weighted by molar-refractivity contribution is 0.141. The van der Waals surface area contributed by atoms with Crippen molar-refractivity contribution < 1.29 is 0 Å². The normalized spacial score (nSPS) is 27.0. The summed E-state index contributed by atoms with van der Waals surface area (Å²) in [6.45, 7) is 10.6. The standard InChI is InChI=1S/C16H29N3S2/c1-5-9-17-13-8-7-12(16(3,4)6-2)10-14(13)21-15-19-18-11-20-15/h11-14,17H,5-10H2,1-4H3. The zero-order valence-electron chi connectivity index (χ0n) is 13.8. The highest BCUT2D eigenvalue weighted by Crippen LogP contribution is 2.45. The molecule has 2 rings (SSSR count). The largest absolute Gasteiger partial charge is 0.313 e. The Kier molecular flexibility index (Phi) is 6.51. The van der Waals surface area contributed by atoms with E-state index in [1.807, 2.05) is 17.3 Å². The minimum Gasteiger partial charge on any atom is -0.313 e. The van der Waals surface area contributed by atoms with Crippen LogP contribution < -0.4 is 5.32 Å². The molecule has 0 radical (unpaired) electrons. The first-order valence-electron chi connectivity index (χ1n) is 8.23. The lowest BCUT2D eigenvalue weighted by Gasteiger charge is -2.43. The summed E-state index contributed by atoms with van der Waals surface area (Å²) in [5.41, 5.74) is 2.29. The molecule has 0 amide bonds. The first kappa shape index (κ1) is 17.2. The quantitative estimate of drug-likeness (QED) is 0.794. The Morgan fingerprint density at radius 3 is 2.81 bits per heavy atom. The van der Waals surface area contributed by atoms with E-state index in [4.69, 9.17) is 0 Å². The van der Waals surface area contributed by atoms with Crippen LogP contribution in [0.25, 0.3) is 0 Å². The van der Waals surface area contributed by atoms with Crippen LogP contribution >= 0.6 is 23.1 Å². The van der Waals surface area contributed by atoms with Crippen LogP contribution in [-0.4, -0.2) is 28.0 Å². The van der Waals surface area contributed by atoms with Crippen LogP contribution in [0.5, 0.6) is 0 Å². The van der Waals surface area contributed by atoms with Gasteiger partial charge in [-0.3, -0.25) is 0 Å². The van der Waals surface area contributed by atoms with Gasteiger partial charge in [0.25, 0.3) is 0 Å². The number of nitrogens with one attached hydrogen (secondary N) is 1. The minimum absolute atomic E-state index is 0.454. The van der Waals surface area contributed by atoms with Gasteiger partial charge in [0, 0.05) is 11.3 Å². The second-order valence-corrected chi connectivity index (χ2v) is 9.09. The zero-order chi connectivity index (χ0) is 15.3. The fourth-order valence-electron chi connectivity index (χ4n) is 3.16. The topological polar surface area (TPSA) is 37.8 Å². The van der Waals surface area contributed by atoms with Crippen LogP contribution in [0.15, 0.2) is 9.85 Å². The Balaban J connectivity index is 2.03. The van der Waals surface area contributed by atoms with E-state index in [2.05, 4.69) is 43.2 Å². The van der Waals surface area contributed by atoms with Gasteiger partial charge in [-0.2, -0.15) is 0 Å². The summed E-state index contributed by atoms with van der Waals surface area (Å²) in [7, 11) is 0. The molecule has 1 heterocycles. The van der Waals surface area contributed by atoms with E-state index in [1.165, 1.54) is 32.1 Å². The molecule has 1 N–H and O–H groups in total. The van der Waals surface area contributed by atoms with Crippen LogP contribution in [0.1, 0.15) is 59.8 Å². The average molecular weight is 328 g/mol. The maximum Gasteiger partial charge on any atom is 0.174 e. The van der Waals surface area contributed by atoms with Gasteiger partial charge in [-0.05, 0) is 43.6 Å². The van der Waals surface area contributed by atoms with Crippen LogP contribution in [0, 0.1) is 11.3 Å². The second kappa shape index (κ2) is 7.93. The summed E-state index contributed by atoms with van der Waals surface area (Å²) in [6, 6.07) is 0.628. The van der Waals surface area contributed by atoms with Gasteiger partial charge >= 0.3 is 0 Å². The van der Waals surface area contributed by atoms with Gasteiger partial charge in [0.15, 0.2) is 4.34 Å². The summed E-state index contributed by atoms with van der Waals surface area (Å²) >= 11 is 3.61. The summed E-state index contributed by atoms with van der Waals surface area (Å²) in [5, 5.41) is 12.6. The molecule has 0 aromatic carbocycles. The zero-order valence-corrected chi connectivity index (χ0v) is 15.4. The molecule has 120 valence electrons. The van der Waals surface area contributed by atoms with E-state index in [0.717, 1.165) is 16.8 Å². The number of hydrogen-bond donors (Lipinski definition) is 1. The molecule has 21 heavy (non-hydrogen) atoms. The summed E-state index contributed by atoms with van der Waals surface area (Å²) in [4.78, 5) is 0. The van der Waals surface area contributed by atoms with Crippen molar-refractivity contribution >= 4 is 23.1 Å². The van der Waals surface area contributed by atoms with Gasteiger partial charge in [0.05, 0.1) is 0 Å². The Morgan fingerprint density at radius 2 is 2.19 bits per heavy atom. The third kappa shape index (κ3) is 4.67. The first-order valence-corrected chi connectivity index (χ1v) is 9.99. The first-order chi connectivity index (χ1) is 10.1. The maximum absolute atomic E-state index is 4.24. The van der Waals surface area contributed by atoms with Gasteiger partial charge in [-0.15, -0.1) is 10.2 Å². The molecule has 0 bridgehead atoms. The number of rotatable bonds is 7. The molecule has 1 fully saturated rings. The minimum atomic E-state index is 0.454. The van der Waals surface area contributed by atoms with Crippen molar-refractivity contribution in [3.05, 3.63) is 5.51 Å². The third-order valence-corrected chi connectivity index (χ3v) is 7.22. The van der Waals surface area contributed by atoms with E-state index in [-0.39, 0.29) is 0 Å². The molecule has 3 nitrogen and oxygen atoms in total. The molecule has 0 aliphatic heterocycles. The molecule has 1 aromatic rings. The Morgan fingerprint density at radius 1 is 1.38 bits per heavy atom. The van der Waals surface area contributed by atoms with Crippen LogP contribution in [-0.2, 0) is 0 Å². The lowest BCUT2D eigenvalue weighted by atomic mass is 9.68. The lowest BCUT2D eigenvalue weighted by Crippen LogP contribution is -2.45. The number of aromatic nitrogens is 2. The molecular weight excluding hydrogens is 298 g/mol. The molecule has 1 aliphatic carbocycles. The van der Waals surface area contributed by atoms with Crippen molar-refractivity contribution in [3.63, 3.8) is 0 Å². The van der Waals surface area contributed by atoms with E-state index >= 15 is 0 Å². The van der Waals surface area contributed by atoms with E-state index < -0.39 is 0 Å². The molecule has 3 atom stereocenters. The Labute approximate surface area is 137 Å². The van der Waals surface area contributed by atoms with Crippen molar-refractivity contribution in [1.29, 1.82) is 0 Å². The fourth-order valence-corrected chi connectivity index (χ4v) is 5.24. The van der Waals surface area contributed by atoms with Crippen LogP contribution in [0.3, 0.4) is 0 Å². The van der Waals surface area contributed by atoms with Gasteiger partial charge in [0.2, 0.25) is 0 Å².